The van der Waals surface area contributed by atoms with E-state index in [9.17, 15) is 0 Å². The van der Waals surface area contributed by atoms with Crippen LogP contribution in [-0.4, -0.2) is 0 Å². The minimum atomic E-state index is -0.208. The Kier molecular flexibility index (Phi) is 2.47. The van der Waals surface area contributed by atoms with E-state index in [0.29, 0.717) is 0 Å². The van der Waals surface area contributed by atoms with Crippen LogP contribution in [-0.2, 0) is 5.41 Å². The van der Waals surface area contributed by atoms with E-state index in [0.717, 1.165) is 0 Å². The quantitative estimate of drug-likeness (QED) is 0.258. The molecule has 0 unspecified atom stereocenters. The highest BCUT2D eigenvalue weighted by atomic mass is 14.5. The Hall–Kier alpha value is -3.38. The van der Waals surface area contributed by atoms with Gasteiger partial charge in [0.2, 0.25) is 0 Å². The maximum atomic E-state index is 2.42. The Bertz CT molecular complexity index is 1410. The molecule has 7 rings (SSSR count). The molecule has 0 aromatic heterocycles. The first-order chi connectivity index (χ1) is 13.8. The van der Waals surface area contributed by atoms with Crippen molar-refractivity contribution >= 4 is 21.5 Å². The molecule has 0 N–H and O–H groups in total. The SMILES string of the molecule is Cc1ccc2c(c1)C1(c3ccccc3-2)c2cccc3ccc4cccc1c4c23. The maximum Gasteiger partial charge on any atom is 0.0726 e. The zero-order chi connectivity index (χ0) is 18.5. The zero-order valence-corrected chi connectivity index (χ0v) is 15.7. The highest BCUT2D eigenvalue weighted by Crippen LogP contribution is 2.62. The highest BCUT2D eigenvalue weighted by molar-refractivity contribution is 6.17. The van der Waals surface area contributed by atoms with E-state index in [1.165, 1.54) is 60.5 Å². The lowest BCUT2D eigenvalue weighted by Crippen LogP contribution is -2.26. The normalized spacial score (nSPS) is 14.9. The number of aryl methyl sites for hydroxylation is 1. The van der Waals surface area contributed by atoms with E-state index in [-0.39, 0.29) is 5.41 Å². The van der Waals surface area contributed by atoms with Crippen molar-refractivity contribution in [1.82, 2.24) is 0 Å². The van der Waals surface area contributed by atoms with Gasteiger partial charge in [-0.25, -0.2) is 0 Å². The Balaban J connectivity index is 1.81. The predicted molar refractivity (Wildman–Crippen MR) is 117 cm³/mol. The fraction of sp³-hybridized carbons (Fsp3) is 0.0714. The summed E-state index contributed by atoms with van der Waals surface area (Å²) < 4.78 is 0. The summed E-state index contributed by atoms with van der Waals surface area (Å²) in [5.74, 6) is 0. The van der Waals surface area contributed by atoms with E-state index >= 15 is 0 Å². The third kappa shape index (κ3) is 1.44. The molecule has 0 amide bonds. The Labute approximate surface area is 164 Å². The lowest BCUT2D eigenvalue weighted by molar-refractivity contribution is 0.796. The summed E-state index contributed by atoms with van der Waals surface area (Å²) in [4.78, 5) is 0. The van der Waals surface area contributed by atoms with Crippen LogP contribution in [0.4, 0.5) is 0 Å². The van der Waals surface area contributed by atoms with Crippen LogP contribution in [0.5, 0.6) is 0 Å². The summed E-state index contributed by atoms with van der Waals surface area (Å²) in [6.45, 7) is 2.21. The molecule has 1 spiro atoms. The van der Waals surface area contributed by atoms with Gasteiger partial charge < -0.3 is 0 Å². The highest BCUT2D eigenvalue weighted by Gasteiger charge is 2.50. The van der Waals surface area contributed by atoms with Crippen molar-refractivity contribution < 1.29 is 0 Å². The van der Waals surface area contributed by atoms with Gasteiger partial charge in [0.05, 0.1) is 5.41 Å². The van der Waals surface area contributed by atoms with Crippen LogP contribution in [0.1, 0.15) is 27.8 Å². The van der Waals surface area contributed by atoms with Crippen LogP contribution in [0.15, 0.2) is 91.0 Å². The van der Waals surface area contributed by atoms with Crippen molar-refractivity contribution in [2.45, 2.75) is 12.3 Å². The van der Waals surface area contributed by atoms with E-state index in [4.69, 9.17) is 0 Å². The molecule has 5 aromatic rings. The number of fused-ring (bicyclic) bond motifs is 7. The number of hydrogen-bond acceptors (Lipinski definition) is 0. The van der Waals surface area contributed by atoms with Gasteiger partial charge in [0.25, 0.3) is 0 Å². The second kappa shape index (κ2) is 4.72. The van der Waals surface area contributed by atoms with E-state index in [1.807, 2.05) is 0 Å². The molecule has 2 aliphatic carbocycles. The first kappa shape index (κ1) is 14.6. The van der Waals surface area contributed by atoms with Crippen molar-refractivity contribution in [2.24, 2.45) is 0 Å². The first-order valence-corrected chi connectivity index (χ1v) is 9.96. The van der Waals surface area contributed by atoms with E-state index in [1.54, 1.807) is 0 Å². The molecule has 0 aliphatic heterocycles. The summed E-state index contributed by atoms with van der Waals surface area (Å²) in [6.07, 6.45) is 0. The zero-order valence-electron chi connectivity index (χ0n) is 15.7. The minimum Gasteiger partial charge on any atom is -0.0619 e. The van der Waals surface area contributed by atoms with Crippen LogP contribution in [0.2, 0.25) is 0 Å². The van der Waals surface area contributed by atoms with Gasteiger partial charge in [-0.1, -0.05) is 96.6 Å². The summed E-state index contributed by atoms with van der Waals surface area (Å²) in [5, 5.41) is 5.54. The maximum absolute atomic E-state index is 2.42. The van der Waals surface area contributed by atoms with Crippen LogP contribution in [0.25, 0.3) is 32.7 Å². The molecule has 130 valence electrons. The molecule has 0 saturated heterocycles. The molecule has 0 bridgehead atoms. The van der Waals surface area contributed by atoms with Gasteiger partial charge in [0.1, 0.15) is 0 Å². The van der Waals surface area contributed by atoms with Crippen LogP contribution in [0.3, 0.4) is 0 Å². The van der Waals surface area contributed by atoms with Gasteiger partial charge in [-0.2, -0.15) is 0 Å². The number of benzene rings is 5. The lowest BCUT2D eigenvalue weighted by Gasteiger charge is -2.31. The first-order valence-electron chi connectivity index (χ1n) is 9.96. The molecule has 0 fully saturated rings. The molecule has 0 saturated carbocycles. The molecular weight excluding hydrogens is 336 g/mol. The molecule has 0 atom stereocenters. The van der Waals surface area contributed by atoms with Gasteiger partial charge in [-0.3, -0.25) is 0 Å². The summed E-state index contributed by atoms with van der Waals surface area (Å²) in [5.41, 5.74) is 9.60. The van der Waals surface area contributed by atoms with Gasteiger partial charge in [-0.15, -0.1) is 0 Å². The van der Waals surface area contributed by atoms with Gasteiger partial charge in [-0.05, 0) is 61.8 Å². The molecule has 2 aliphatic rings. The van der Waals surface area contributed by atoms with Crippen molar-refractivity contribution in [3.8, 4) is 11.1 Å². The molecule has 28 heavy (non-hydrogen) atoms. The Morgan fingerprint density at radius 1 is 0.500 bits per heavy atom. The lowest BCUT2D eigenvalue weighted by atomic mass is 9.70. The van der Waals surface area contributed by atoms with E-state index in [2.05, 4.69) is 97.9 Å². The standard InChI is InChI=1S/C28H18/c1-17-12-15-21-20-8-2-3-9-22(20)28(25(21)16-17)23-10-4-6-18-13-14-19-7-5-11-24(28)27(19)26(18)23/h2-16H,1H3. The molecule has 0 heterocycles. The van der Waals surface area contributed by atoms with Crippen LogP contribution >= 0.6 is 0 Å². The topological polar surface area (TPSA) is 0 Å². The fourth-order valence-corrected chi connectivity index (χ4v) is 5.90. The summed E-state index contributed by atoms with van der Waals surface area (Å²) >= 11 is 0. The van der Waals surface area contributed by atoms with Crippen LogP contribution in [0, 0.1) is 6.92 Å². The largest absolute Gasteiger partial charge is 0.0726 e. The Morgan fingerprint density at radius 2 is 1.11 bits per heavy atom. The van der Waals surface area contributed by atoms with Crippen molar-refractivity contribution in [1.29, 1.82) is 0 Å². The average molecular weight is 354 g/mol. The number of hydrogen-bond donors (Lipinski definition) is 0. The van der Waals surface area contributed by atoms with Gasteiger partial charge in [0, 0.05) is 0 Å². The molecular formula is C28H18. The molecule has 5 aromatic carbocycles. The Morgan fingerprint density at radius 3 is 1.82 bits per heavy atom. The third-order valence-corrected chi connectivity index (χ3v) is 6.89. The molecule has 0 nitrogen and oxygen atoms in total. The van der Waals surface area contributed by atoms with Crippen molar-refractivity contribution in [3.05, 3.63) is 119 Å². The fourth-order valence-electron chi connectivity index (χ4n) is 5.90. The average Bonchev–Trinajstić information content (AvgIpc) is 3.20. The van der Waals surface area contributed by atoms with E-state index < -0.39 is 0 Å². The summed E-state index contributed by atoms with van der Waals surface area (Å²) in [6, 6.07) is 34.2. The predicted octanol–water partition coefficient (Wildman–Crippen LogP) is 6.98. The summed E-state index contributed by atoms with van der Waals surface area (Å²) in [7, 11) is 0. The number of rotatable bonds is 0. The van der Waals surface area contributed by atoms with Crippen molar-refractivity contribution in [3.63, 3.8) is 0 Å². The van der Waals surface area contributed by atoms with Gasteiger partial charge in [0.15, 0.2) is 0 Å². The monoisotopic (exact) mass is 354 g/mol. The second-order valence-electron chi connectivity index (χ2n) is 8.22. The second-order valence-corrected chi connectivity index (χ2v) is 8.22. The van der Waals surface area contributed by atoms with Crippen LogP contribution < -0.4 is 0 Å². The molecule has 0 heteroatoms. The smallest absolute Gasteiger partial charge is 0.0619 e. The van der Waals surface area contributed by atoms with Gasteiger partial charge >= 0.3 is 0 Å². The third-order valence-electron chi connectivity index (χ3n) is 6.89. The minimum absolute atomic E-state index is 0.208. The molecule has 0 radical (unpaired) electrons. The van der Waals surface area contributed by atoms with Crippen molar-refractivity contribution in [2.75, 3.05) is 0 Å².